The number of hydrogen-bond acceptors (Lipinski definition) is 5. The van der Waals surface area contributed by atoms with E-state index in [2.05, 4.69) is 16.9 Å². The van der Waals surface area contributed by atoms with E-state index in [0.29, 0.717) is 11.1 Å². The van der Waals surface area contributed by atoms with Crippen LogP contribution >= 0.6 is 0 Å². The van der Waals surface area contributed by atoms with E-state index < -0.39 is 54.5 Å². The van der Waals surface area contributed by atoms with Crippen molar-refractivity contribution in [1.82, 2.24) is 20.1 Å². The molecule has 210 valence electrons. The van der Waals surface area contributed by atoms with Crippen LogP contribution in [-0.4, -0.2) is 81.2 Å². The second kappa shape index (κ2) is 11.8. The van der Waals surface area contributed by atoms with Crippen LogP contribution in [0.4, 0.5) is 13.6 Å². The smallest absolute Gasteiger partial charge is 0.342 e. The molecule has 2 aliphatic heterocycles. The van der Waals surface area contributed by atoms with Gasteiger partial charge in [0.05, 0.1) is 30.4 Å². The van der Waals surface area contributed by atoms with Crippen LogP contribution in [0.3, 0.4) is 0 Å². The summed E-state index contributed by atoms with van der Waals surface area (Å²) in [7, 11) is 0. The number of imide groups is 1. The standard InChI is InChI=1S/C29H31F2N5O4/c1-5-35-28(39)18(4)14-34(29(35)40)16-24(37)36-15-20(30)13-23(36)27(38)33-25(19-9-7-6-8-10-19)22-12-11-21(17(2)3)26(31)32-22/h6-12,14,17,20,23,25H,4-5,13,15-16H2,1-3H3/p+1/t20-,23+,25+/m1/s1. The first-order chi connectivity index (χ1) is 19.0. The molecule has 0 unspecified atom stereocenters. The van der Waals surface area contributed by atoms with Crippen molar-refractivity contribution in [3.63, 3.8) is 0 Å². The Balaban J connectivity index is 1.58. The molecule has 1 N–H and O–H groups in total. The van der Waals surface area contributed by atoms with Gasteiger partial charge >= 0.3 is 11.9 Å². The Morgan fingerprint density at radius 3 is 2.50 bits per heavy atom. The van der Waals surface area contributed by atoms with E-state index in [1.807, 2.05) is 13.8 Å². The molecule has 4 rings (SSSR count). The number of aromatic nitrogens is 1. The van der Waals surface area contributed by atoms with Crippen molar-refractivity contribution in [1.29, 1.82) is 0 Å². The molecule has 11 heteroatoms. The van der Waals surface area contributed by atoms with Gasteiger partial charge in [-0.2, -0.15) is 18.7 Å². The lowest BCUT2D eigenvalue weighted by Crippen LogP contribution is -2.52. The average molecular weight is 553 g/mol. The third-order valence-electron chi connectivity index (χ3n) is 7.04. The molecule has 5 amide bonds. The number of amides is 5. The SMILES string of the molecule is C=C1C=[N+](CC(=O)N2C[C@H](F)C[C@H]2C(=O)N[C@@H](c2ccccc2)c2ccc(C(C)C)c(F)n2)C(=O)N(CC)C1=O. The van der Waals surface area contributed by atoms with Crippen LogP contribution < -0.4 is 5.32 Å². The van der Waals surface area contributed by atoms with Crippen LogP contribution in [0.15, 0.2) is 54.6 Å². The number of likely N-dealkylation sites (tertiary alicyclic amines) is 1. The minimum absolute atomic E-state index is 0.0299. The number of carbonyl (C=O) groups excluding carboxylic acids is 4. The van der Waals surface area contributed by atoms with Crippen LogP contribution in [0.5, 0.6) is 0 Å². The van der Waals surface area contributed by atoms with Gasteiger partial charge in [0.1, 0.15) is 18.4 Å². The molecular formula is C29H32F2N5O4+. The van der Waals surface area contributed by atoms with E-state index in [0.717, 1.165) is 14.4 Å². The molecule has 0 spiro atoms. The fraction of sp³-hybridized carbons (Fsp3) is 0.379. The zero-order valence-electron chi connectivity index (χ0n) is 22.6. The first kappa shape index (κ1) is 28.7. The van der Waals surface area contributed by atoms with Gasteiger partial charge in [0.25, 0.3) is 5.91 Å². The Morgan fingerprint density at radius 1 is 1.18 bits per heavy atom. The number of nitrogens with one attached hydrogen (secondary N) is 1. The molecular weight excluding hydrogens is 520 g/mol. The van der Waals surface area contributed by atoms with Crippen LogP contribution in [0.25, 0.3) is 0 Å². The second-order valence-corrected chi connectivity index (χ2v) is 10.1. The quantitative estimate of drug-likeness (QED) is 0.308. The highest BCUT2D eigenvalue weighted by atomic mass is 19.1. The normalized spacial score (nSPS) is 20.1. The third-order valence-corrected chi connectivity index (χ3v) is 7.04. The van der Waals surface area contributed by atoms with Crippen molar-refractivity contribution in [2.75, 3.05) is 19.6 Å². The monoisotopic (exact) mass is 552 g/mol. The third kappa shape index (κ3) is 5.83. The molecule has 0 aliphatic carbocycles. The van der Waals surface area contributed by atoms with Crippen LogP contribution in [0.2, 0.25) is 0 Å². The number of carbonyl (C=O) groups is 4. The molecule has 0 radical (unpaired) electrons. The first-order valence-electron chi connectivity index (χ1n) is 13.1. The second-order valence-electron chi connectivity index (χ2n) is 10.1. The van der Waals surface area contributed by atoms with E-state index in [1.165, 1.54) is 6.21 Å². The van der Waals surface area contributed by atoms with Gasteiger partial charge in [-0.05, 0) is 24.5 Å². The topological polar surface area (TPSA) is 103 Å². The zero-order chi connectivity index (χ0) is 29.1. The average Bonchev–Trinajstić information content (AvgIpc) is 3.32. The zero-order valence-corrected chi connectivity index (χ0v) is 22.6. The highest BCUT2D eigenvalue weighted by Gasteiger charge is 2.44. The van der Waals surface area contributed by atoms with E-state index in [4.69, 9.17) is 0 Å². The molecule has 0 bridgehead atoms. The van der Waals surface area contributed by atoms with Crippen molar-refractivity contribution in [2.45, 2.75) is 51.4 Å². The number of urea groups is 1. The summed E-state index contributed by atoms with van der Waals surface area (Å²) in [5.74, 6) is -2.59. The first-order valence-corrected chi connectivity index (χ1v) is 13.1. The summed E-state index contributed by atoms with van der Waals surface area (Å²) >= 11 is 0. The van der Waals surface area contributed by atoms with E-state index in [-0.39, 0.29) is 36.7 Å². The molecule has 0 saturated carbocycles. The van der Waals surface area contributed by atoms with Gasteiger partial charge in [0, 0.05) is 12.0 Å². The Bertz CT molecular complexity index is 1380. The van der Waals surface area contributed by atoms with Crippen molar-refractivity contribution in [3.8, 4) is 0 Å². The number of pyridine rings is 1. The largest absolute Gasteiger partial charge is 0.501 e. The Hall–Kier alpha value is -4.28. The Morgan fingerprint density at radius 2 is 1.88 bits per heavy atom. The summed E-state index contributed by atoms with van der Waals surface area (Å²) in [6, 6.07) is 9.36. The fourth-order valence-electron chi connectivity index (χ4n) is 4.91. The van der Waals surface area contributed by atoms with Gasteiger partial charge in [-0.15, -0.1) is 0 Å². The fourth-order valence-corrected chi connectivity index (χ4v) is 4.91. The lowest BCUT2D eigenvalue weighted by molar-refractivity contribution is -0.422. The molecule has 2 aromatic rings. The Labute approximate surface area is 231 Å². The molecule has 9 nitrogen and oxygen atoms in total. The summed E-state index contributed by atoms with van der Waals surface area (Å²) in [6.07, 6.45) is -0.517. The van der Waals surface area contributed by atoms with Crippen molar-refractivity contribution >= 4 is 30.0 Å². The molecule has 2 aliphatic rings. The van der Waals surface area contributed by atoms with Crippen molar-refractivity contribution in [3.05, 3.63) is 77.4 Å². The molecule has 1 saturated heterocycles. The molecule has 1 aromatic carbocycles. The maximum atomic E-state index is 14.8. The maximum absolute atomic E-state index is 14.8. The number of rotatable bonds is 8. The van der Waals surface area contributed by atoms with Crippen LogP contribution in [-0.2, 0) is 14.4 Å². The van der Waals surface area contributed by atoms with E-state index >= 15 is 0 Å². The maximum Gasteiger partial charge on any atom is 0.501 e. The van der Waals surface area contributed by atoms with E-state index in [9.17, 15) is 28.0 Å². The number of likely N-dealkylation sites (N-methyl/N-ethyl adjacent to an activating group) is 1. The summed E-state index contributed by atoms with van der Waals surface area (Å²) in [5.41, 5.74) is 1.35. The summed E-state index contributed by atoms with van der Waals surface area (Å²) < 4.78 is 30.4. The lowest BCUT2D eigenvalue weighted by Gasteiger charge is -2.27. The van der Waals surface area contributed by atoms with Gasteiger partial charge in [-0.3, -0.25) is 9.59 Å². The minimum atomic E-state index is -1.46. The number of hydrogen-bond donors (Lipinski definition) is 1. The van der Waals surface area contributed by atoms with Gasteiger partial charge in [-0.1, -0.05) is 56.8 Å². The summed E-state index contributed by atoms with van der Waals surface area (Å²) in [6.45, 7) is 8.19. The molecule has 3 heterocycles. The van der Waals surface area contributed by atoms with Gasteiger partial charge in [-0.25, -0.2) is 14.2 Å². The highest BCUT2D eigenvalue weighted by molar-refractivity contribution is 6.17. The van der Waals surface area contributed by atoms with Gasteiger partial charge in [0.15, 0.2) is 6.54 Å². The summed E-state index contributed by atoms with van der Waals surface area (Å²) in [5, 5.41) is 2.83. The molecule has 1 fully saturated rings. The van der Waals surface area contributed by atoms with Crippen molar-refractivity contribution < 1.29 is 32.5 Å². The van der Waals surface area contributed by atoms with Gasteiger partial charge < -0.3 is 10.2 Å². The molecule has 40 heavy (non-hydrogen) atoms. The predicted octanol–water partition coefficient (Wildman–Crippen LogP) is 3.11. The van der Waals surface area contributed by atoms with Crippen LogP contribution in [0, 0.1) is 5.95 Å². The highest BCUT2D eigenvalue weighted by Crippen LogP contribution is 2.27. The van der Waals surface area contributed by atoms with Gasteiger partial charge in [0.2, 0.25) is 11.9 Å². The number of nitrogens with zero attached hydrogens (tertiary/aromatic N) is 4. The molecule has 3 atom stereocenters. The minimum Gasteiger partial charge on any atom is -0.342 e. The lowest BCUT2D eigenvalue weighted by atomic mass is 9.99. The van der Waals surface area contributed by atoms with Crippen LogP contribution in [0.1, 0.15) is 56.0 Å². The van der Waals surface area contributed by atoms with Crippen molar-refractivity contribution in [2.24, 2.45) is 0 Å². The predicted molar refractivity (Wildman–Crippen MR) is 143 cm³/mol. The summed E-state index contributed by atoms with van der Waals surface area (Å²) in [4.78, 5) is 57.8. The number of benzene rings is 1. The number of alkyl halides is 1. The van der Waals surface area contributed by atoms with E-state index in [1.54, 1.807) is 49.4 Å². The molecule has 1 aromatic heterocycles. The Kier molecular flexibility index (Phi) is 8.51. The number of halogens is 2.